The predicted molar refractivity (Wildman–Crippen MR) is 58.7 cm³/mol. The van der Waals surface area contributed by atoms with Gasteiger partial charge in [-0.15, -0.1) is 0 Å². The molecule has 0 radical (unpaired) electrons. The SMILES string of the molecule is O=C(N1CCCCCC1)N1CC[NH2+]CC1. The third kappa shape index (κ3) is 2.84. The Morgan fingerprint density at radius 1 is 0.800 bits per heavy atom. The Hall–Kier alpha value is -0.770. The van der Waals surface area contributed by atoms with E-state index in [1.165, 1.54) is 25.7 Å². The smallest absolute Gasteiger partial charge is 0.320 e. The van der Waals surface area contributed by atoms with E-state index < -0.39 is 0 Å². The van der Waals surface area contributed by atoms with E-state index in [0.29, 0.717) is 0 Å². The molecule has 0 saturated carbocycles. The topological polar surface area (TPSA) is 40.2 Å². The molecule has 2 saturated heterocycles. The van der Waals surface area contributed by atoms with Crippen LogP contribution < -0.4 is 5.32 Å². The molecule has 4 nitrogen and oxygen atoms in total. The van der Waals surface area contributed by atoms with Gasteiger partial charge in [0.1, 0.15) is 0 Å². The van der Waals surface area contributed by atoms with E-state index in [0.717, 1.165) is 39.3 Å². The van der Waals surface area contributed by atoms with Crippen molar-refractivity contribution in [2.45, 2.75) is 25.7 Å². The van der Waals surface area contributed by atoms with E-state index in [9.17, 15) is 4.79 Å². The normalized spacial score (nSPS) is 23.7. The summed E-state index contributed by atoms with van der Waals surface area (Å²) in [6.45, 7) is 5.93. The molecule has 0 aromatic carbocycles. The molecular weight excluding hydrogens is 190 g/mol. The predicted octanol–water partition coefficient (Wildman–Crippen LogP) is -0.139. The zero-order chi connectivity index (χ0) is 10.5. The van der Waals surface area contributed by atoms with E-state index >= 15 is 0 Å². The molecule has 86 valence electrons. The van der Waals surface area contributed by atoms with E-state index in [-0.39, 0.29) is 6.03 Å². The minimum atomic E-state index is 0.282. The average Bonchev–Trinajstić information content (AvgIpc) is 2.58. The molecule has 4 heteroatoms. The van der Waals surface area contributed by atoms with Gasteiger partial charge < -0.3 is 15.1 Å². The number of hydrogen-bond donors (Lipinski definition) is 1. The number of quaternary nitrogens is 1. The van der Waals surface area contributed by atoms with E-state index in [1.54, 1.807) is 0 Å². The molecule has 2 heterocycles. The fourth-order valence-corrected chi connectivity index (χ4v) is 2.40. The molecule has 2 fully saturated rings. The molecule has 2 N–H and O–H groups in total. The van der Waals surface area contributed by atoms with E-state index in [1.807, 2.05) is 4.90 Å². The van der Waals surface area contributed by atoms with E-state index in [4.69, 9.17) is 0 Å². The lowest BCUT2D eigenvalue weighted by Crippen LogP contribution is -2.90. The number of piperazine rings is 1. The lowest BCUT2D eigenvalue weighted by Gasteiger charge is -2.31. The highest BCUT2D eigenvalue weighted by Crippen LogP contribution is 2.11. The number of rotatable bonds is 0. The second-order valence-corrected chi connectivity index (χ2v) is 4.54. The number of carbonyl (C=O) groups is 1. The highest BCUT2D eigenvalue weighted by atomic mass is 16.2. The fraction of sp³-hybridized carbons (Fsp3) is 0.909. The summed E-state index contributed by atoms with van der Waals surface area (Å²) in [5.41, 5.74) is 0. The van der Waals surface area contributed by atoms with Crippen LogP contribution in [0.1, 0.15) is 25.7 Å². The third-order valence-corrected chi connectivity index (χ3v) is 3.35. The van der Waals surface area contributed by atoms with Crippen LogP contribution in [0.5, 0.6) is 0 Å². The summed E-state index contributed by atoms with van der Waals surface area (Å²) in [4.78, 5) is 16.2. The molecule has 15 heavy (non-hydrogen) atoms. The number of nitrogens with zero attached hydrogens (tertiary/aromatic N) is 2. The summed E-state index contributed by atoms with van der Waals surface area (Å²) >= 11 is 0. The Balaban J connectivity index is 1.87. The molecule has 0 atom stereocenters. The van der Waals surface area contributed by atoms with Crippen molar-refractivity contribution in [3.8, 4) is 0 Å². The maximum Gasteiger partial charge on any atom is 0.320 e. The number of hydrogen-bond acceptors (Lipinski definition) is 1. The molecule has 0 aliphatic carbocycles. The monoisotopic (exact) mass is 212 g/mol. The summed E-state index contributed by atoms with van der Waals surface area (Å²) < 4.78 is 0. The van der Waals surface area contributed by atoms with E-state index in [2.05, 4.69) is 10.2 Å². The number of carbonyl (C=O) groups excluding carboxylic acids is 1. The highest BCUT2D eigenvalue weighted by Gasteiger charge is 2.23. The van der Waals surface area contributed by atoms with Gasteiger partial charge in [0.15, 0.2) is 0 Å². The zero-order valence-corrected chi connectivity index (χ0v) is 9.45. The van der Waals surface area contributed by atoms with Gasteiger partial charge in [-0.2, -0.15) is 0 Å². The second-order valence-electron chi connectivity index (χ2n) is 4.54. The Morgan fingerprint density at radius 3 is 1.93 bits per heavy atom. The van der Waals surface area contributed by atoms with Gasteiger partial charge in [-0.05, 0) is 12.8 Å². The van der Waals surface area contributed by atoms with Crippen LogP contribution in [0.3, 0.4) is 0 Å². The van der Waals surface area contributed by atoms with Crippen LogP contribution in [-0.2, 0) is 0 Å². The largest absolute Gasteiger partial charge is 0.343 e. The fourth-order valence-electron chi connectivity index (χ4n) is 2.40. The zero-order valence-electron chi connectivity index (χ0n) is 9.45. The lowest BCUT2D eigenvalue weighted by molar-refractivity contribution is -0.662. The van der Waals surface area contributed by atoms with Gasteiger partial charge in [-0.25, -0.2) is 4.79 Å². The van der Waals surface area contributed by atoms with Gasteiger partial charge in [-0.1, -0.05) is 12.8 Å². The van der Waals surface area contributed by atoms with Crippen molar-refractivity contribution in [2.75, 3.05) is 39.3 Å². The molecular formula is C11H22N3O+. The second kappa shape index (κ2) is 5.35. The van der Waals surface area contributed by atoms with Gasteiger partial charge in [0, 0.05) is 13.1 Å². The number of urea groups is 1. The summed E-state index contributed by atoms with van der Waals surface area (Å²) in [7, 11) is 0. The molecule has 2 amide bonds. The van der Waals surface area contributed by atoms with Crippen LogP contribution in [-0.4, -0.2) is 55.1 Å². The number of likely N-dealkylation sites (tertiary alicyclic amines) is 1. The first-order chi connectivity index (χ1) is 7.38. The van der Waals surface area contributed by atoms with Crippen molar-refractivity contribution in [2.24, 2.45) is 0 Å². The van der Waals surface area contributed by atoms with Crippen LogP contribution in [0.2, 0.25) is 0 Å². The minimum Gasteiger partial charge on any atom is -0.343 e. The third-order valence-electron chi connectivity index (χ3n) is 3.35. The highest BCUT2D eigenvalue weighted by molar-refractivity contribution is 5.74. The van der Waals surface area contributed by atoms with Gasteiger partial charge >= 0.3 is 6.03 Å². The van der Waals surface area contributed by atoms with Crippen LogP contribution in [0.4, 0.5) is 4.79 Å². The van der Waals surface area contributed by atoms with Gasteiger partial charge in [0.25, 0.3) is 0 Å². The molecule has 2 aliphatic rings. The van der Waals surface area contributed by atoms with Crippen molar-refractivity contribution in [3.05, 3.63) is 0 Å². The molecule has 2 aliphatic heterocycles. The van der Waals surface area contributed by atoms with Gasteiger partial charge in [0.2, 0.25) is 0 Å². The van der Waals surface area contributed by atoms with Gasteiger partial charge in [-0.3, -0.25) is 0 Å². The average molecular weight is 212 g/mol. The van der Waals surface area contributed by atoms with Crippen LogP contribution in [0.15, 0.2) is 0 Å². The first-order valence-corrected chi connectivity index (χ1v) is 6.23. The van der Waals surface area contributed by atoms with Gasteiger partial charge in [0.05, 0.1) is 26.2 Å². The Kier molecular flexibility index (Phi) is 3.83. The molecule has 0 aromatic rings. The van der Waals surface area contributed by atoms with Crippen molar-refractivity contribution < 1.29 is 10.1 Å². The maximum absolute atomic E-state index is 12.1. The first kappa shape index (κ1) is 10.7. The van der Waals surface area contributed by atoms with Crippen molar-refractivity contribution in [1.29, 1.82) is 0 Å². The van der Waals surface area contributed by atoms with Crippen molar-refractivity contribution in [1.82, 2.24) is 9.80 Å². The number of nitrogens with two attached hydrogens (primary N) is 1. The summed E-state index contributed by atoms with van der Waals surface area (Å²) in [5.74, 6) is 0. The molecule has 0 unspecified atom stereocenters. The first-order valence-electron chi connectivity index (χ1n) is 6.23. The van der Waals surface area contributed by atoms with Crippen LogP contribution >= 0.6 is 0 Å². The lowest BCUT2D eigenvalue weighted by atomic mass is 10.2. The van der Waals surface area contributed by atoms with Crippen molar-refractivity contribution in [3.63, 3.8) is 0 Å². The molecule has 0 aromatic heterocycles. The molecule has 2 rings (SSSR count). The summed E-state index contributed by atoms with van der Waals surface area (Å²) in [5, 5.41) is 2.28. The summed E-state index contributed by atoms with van der Waals surface area (Å²) in [6.07, 6.45) is 4.95. The Labute approximate surface area is 91.6 Å². The quantitative estimate of drug-likeness (QED) is 0.596. The van der Waals surface area contributed by atoms with Crippen molar-refractivity contribution >= 4 is 6.03 Å². The molecule has 0 bridgehead atoms. The minimum absolute atomic E-state index is 0.282. The number of amides is 2. The molecule has 0 spiro atoms. The Morgan fingerprint density at radius 2 is 1.33 bits per heavy atom. The maximum atomic E-state index is 12.1. The Bertz CT molecular complexity index is 206. The van der Waals surface area contributed by atoms with Crippen LogP contribution in [0, 0.1) is 0 Å². The van der Waals surface area contributed by atoms with Crippen LogP contribution in [0.25, 0.3) is 0 Å². The summed E-state index contributed by atoms with van der Waals surface area (Å²) in [6, 6.07) is 0.282. The standard InChI is InChI=1S/C11H21N3O/c15-11(14-9-5-12-6-10-14)13-7-3-1-2-4-8-13/h12H,1-10H2/p+1.